The van der Waals surface area contributed by atoms with E-state index in [1.165, 1.54) is 0 Å². The molecule has 0 N–H and O–H groups in total. The highest BCUT2D eigenvalue weighted by molar-refractivity contribution is 5.94. The molecule has 0 spiro atoms. The van der Waals surface area contributed by atoms with Crippen LogP contribution in [0.1, 0.15) is 5.76 Å². The number of imidazole rings is 2. The molecule has 106 valence electrons. The summed E-state index contributed by atoms with van der Waals surface area (Å²) < 4.78 is 9.78. The molecule has 0 radical (unpaired) electrons. The highest BCUT2D eigenvalue weighted by atomic mass is 16.3. The number of nitrogens with zero attached hydrogens (tertiary/aromatic N) is 4. The van der Waals surface area contributed by atoms with Gasteiger partial charge in [0.05, 0.1) is 5.52 Å². The van der Waals surface area contributed by atoms with E-state index in [-0.39, 0.29) is 0 Å². The van der Waals surface area contributed by atoms with Gasteiger partial charge in [-0.2, -0.15) is 0 Å². The summed E-state index contributed by atoms with van der Waals surface area (Å²) in [6, 6.07) is 12.1. The lowest BCUT2D eigenvalue weighted by Crippen LogP contribution is -1.96. The Labute approximate surface area is 125 Å². The minimum atomic E-state index is 0.773. The van der Waals surface area contributed by atoms with Crippen LogP contribution >= 0.6 is 0 Å². The summed E-state index contributed by atoms with van der Waals surface area (Å²) in [6.07, 6.45) is 5.74. The molecule has 5 heteroatoms. The van der Waals surface area contributed by atoms with Crippen LogP contribution in [-0.4, -0.2) is 18.8 Å². The second-order valence-electron chi connectivity index (χ2n) is 5.34. The molecule has 0 saturated heterocycles. The first-order chi connectivity index (χ1) is 10.8. The van der Waals surface area contributed by atoms with Gasteiger partial charge in [-0.25, -0.2) is 9.97 Å². The van der Waals surface area contributed by atoms with Crippen molar-refractivity contribution in [1.29, 1.82) is 0 Å². The summed E-state index contributed by atoms with van der Waals surface area (Å²) >= 11 is 0. The second kappa shape index (κ2) is 3.98. The molecule has 5 rings (SSSR count). The number of para-hydroxylation sites is 1. The molecular weight excluding hydrogens is 276 g/mol. The van der Waals surface area contributed by atoms with E-state index in [1.54, 1.807) is 6.20 Å². The third-order valence-corrected chi connectivity index (χ3v) is 3.94. The summed E-state index contributed by atoms with van der Waals surface area (Å²) in [6.45, 7) is 1.93. The van der Waals surface area contributed by atoms with Gasteiger partial charge >= 0.3 is 0 Å². The Bertz CT molecular complexity index is 1150. The molecule has 0 aliphatic rings. The Kier molecular flexibility index (Phi) is 2.09. The van der Waals surface area contributed by atoms with Gasteiger partial charge in [-0.05, 0) is 31.2 Å². The quantitative estimate of drug-likeness (QED) is 0.472. The fourth-order valence-corrected chi connectivity index (χ4v) is 2.95. The van der Waals surface area contributed by atoms with Crippen LogP contribution in [0.2, 0.25) is 0 Å². The Morgan fingerprint density at radius 2 is 1.95 bits per heavy atom. The number of furan rings is 1. The fourth-order valence-electron chi connectivity index (χ4n) is 2.95. The maximum atomic E-state index is 5.70. The van der Waals surface area contributed by atoms with Gasteiger partial charge in [-0.1, -0.05) is 12.1 Å². The zero-order chi connectivity index (χ0) is 14.7. The van der Waals surface area contributed by atoms with Crippen molar-refractivity contribution in [2.75, 3.05) is 0 Å². The second-order valence-corrected chi connectivity index (χ2v) is 5.34. The number of aromatic nitrogens is 4. The van der Waals surface area contributed by atoms with Gasteiger partial charge in [0.1, 0.15) is 17.1 Å². The average Bonchev–Trinajstić information content (AvgIpc) is 3.25. The Balaban J connectivity index is 1.97. The predicted octanol–water partition coefficient (Wildman–Crippen LogP) is 3.70. The smallest absolute Gasteiger partial charge is 0.220 e. The summed E-state index contributed by atoms with van der Waals surface area (Å²) in [5.74, 6) is 2.49. The lowest BCUT2D eigenvalue weighted by Gasteiger charge is -2.04. The third kappa shape index (κ3) is 1.42. The van der Waals surface area contributed by atoms with Gasteiger partial charge in [0, 0.05) is 24.0 Å². The zero-order valence-electron chi connectivity index (χ0n) is 11.9. The number of aryl methyl sites for hydroxylation is 1. The van der Waals surface area contributed by atoms with E-state index in [0.29, 0.717) is 0 Å². The maximum absolute atomic E-state index is 5.70. The van der Waals surface area contributed by atoms with Crippen LogP contribution in [0.25, 0.3) is 33.8 Å². The van der Waals surface area contributed by atoms with E-state index < -0.39 is 0 Å². The van der Waals surface area contributed by atoms with Crippen molar-refractivity contribution in [1.82, 2.24) is 18.8 Å². The molecule has 0 bridgehead atoms. The molecule has 22 heavy (non-hydrogen) atoms. The summed E-state index contributed by atoms with van der Waals surface area (Å²) in [5, 5.41) is 1.09. The van der Waals surface area contributed by atoms with Gasteiger partial charge < -0.3 is 4.42 Å². The van der Waals surface area contributed by atoms with E-state index in [0.717, 1.165) is 39.5 Å². The Morgan fingerprint density at radius 1 is 1.05 bits per heavy atom. The highest BCUT2D eigenvalue weighted by Crippen LogP contribution is 2.27. The normalized spacial score (nSPS) is 11.9. The van der Waals surface area contributed by atoms with Crippen molar-refractivity contribution in [3.05, 3.63) is 60.7 Å². The summed E-state index contributed by atoms with van der Waals surface area (Å²) in [5.41, 5.74) is 2.79. The number of benzene rings is 1. The molecule has 5 nitrogen and oxygen atoms in total. The maximum Gasteiger partial charge on any atom is 0.220 e. The number of hydrogen-bond donors (Lipinski definition) is 0. The summed E-state index contributed by atoms with van der Waals surface area (Å²) in [4.78, 5) is 9.23. The first-order valence-electron chi connectivity index (χ1n) is 7.11. The first kappa shape index (κ1) is 11.6. The number of hydrogen-bond acceptors (Lipinski definition) is 3. The largest absolute Gasteiger partial charge is 0.460 e. The fraction of sp³-hybridized carbons (Fsp3) is 0.0588. The molecule has 0 fully saturated rings. The van der Waals surface area contributed by atoms with Crippen LogP contribution in [-0.2, 0) is 0 Å². The highest BCUT2D eigenvalue weighted by Gasteiger charge is 2.14. The Morgan fingerprint density at radius 3 is 2.82 bits per heavy atom. The molecular formula is C17H12N4O. The summed E-state index contributed by atoms with van der Waals surface area (Å²) in [7, 11) is 0. The molecule has 0 atom stereocenters. The van der Waals surface area contributed by atoms with Gasteiger partial charge in [-0.15, -0.1) is 0 Å². The molecule has 0 amide bonds. The van der Waals surface area contributed by atoms with Crippen LogP contribution < -0.4 is 0 Å². The van der Waals surface area contributed by atoms with E-state index in [1.807, 2.05) is 48.0 Å². The predicted molar refractivity (Wildman–Crippen MR) is 83.9 cm³/mol. The third-order valence-electron chi connectivity index (χ3n) is 3.94. The zero-order valence-corrected chi connectivity index (χ0v) is 11.9. The van der Waals surface area contributed by atoms with E-state index in [9.17, 15) is 0 Å². The SMILES string of the molecule is Cc1ccc(-c2cn3c(n2)c2ccccc2n2ccnc23)o1. The van der Waals surface area contributed by atoms with Crippen LogP contribution in [0, 0.1) is 6.92 Å². The van der Waals surface area contributed by atoms with Gasteiger partial charge in [0.15, 0.2) is 5.76 Å². The standard InChI is InChI=1S/C17H12N4O/c1-11-6-7-15(22-11)13-10-21-16(19-13)12-4-2-3-5-14(12)20-9-8-18-17(20)21/h2-10H,1H3. The monoisotopic (exact) mass is 288 g/mol. The van der Waals surface area contributed by atoms with Gasteiger partial charge in [0.2, 0.25) is 5.78 Å². The number of rotatable bonds is 1. The van der Waals surface area contributed by atoms with Crippen LogP contribution in [0.15, 0.2) is 59.4 Å². The van der Waals surface area contributed by atoms with Crippen molar-refractivity contribution in [3.8, 4) is 11.5 Å². The molecule has 4 heterocycles. The van der Waals surface area contributed by atoms with Gasteiger partial charge in [-0.3, -0.25) is 8.80 Å². The van der Waals surface area contributed by atoms with Crippen LogP contribution in [0.5, 0.6) is 0 Å². The van der Waals surface area contributed by atoms with E-state index >= 15 is 0 Å². The van der Waals surface area contributed by atoms with Crippen molar-refractivity contribution in [2.45, 2.75) is 6.92 Å². The van der Waals surface area contributed by atoms with E-state index in [2.05, 4.69) is 21.5 Å². The lowest BCUT2D eigenvalue weighted by molar-refractivity contribution is 0.547. The van der Waals surface area contributed by atoms with Crippen molar-refractivity contribution >= 4 is 22.3 Å². The molecule has 4 aromatic heterocycles. The topological polar surface area (TPSA) is 47.7 Å². The molecule has 0 unspecified atom stereocenters. The lowest BCUT2D eigenvalue weighted by atomic mass is 10.2. The van der Waals surface area contributed by atoms with Crippen molar-refractivity contribution < 1.29 is 4.42 Å². The first-order valence-corrected chi connectivity index (χ1v) is 7.11. The molecule has 5 aromatic rings. The number of fused-ring (bicyclic) bond motifs is 6. The molecule has 0 aliphatic carbocycles. The van der Waals surface area contributed by atoms with E-state index in [4.69, 9.17) is 9.40 Å². The average molecular weight is 288 g/mol. The Hall–Kier alpha value is -3.08. The molecule has 0 saturated carbocycles. The van der Waals surface area contributed by atoms with Gasteiger partial charge in [0.25, 0.3) is 0 Å². The van der Waals surface area contributed by atoms with Crippen LogP contribution in [0.4, 0.5) is 0 Å². The minimum Gasteiger partial charge on any atom is -0.460 e. The molecule has 1 aromatic carbocycles. The minimum absolute atomic E-state index is 0.773. The van der Waals surface area contributed by atoms with Crippen molar-refractivity contribution in [3.63, 3.8) is 0 Å². The van der Waals surface area contributed by atoms with Crippen LogP contribution in [0.3, 0.4) is 0 Å². The molecule has 0 aliphatic heterocycles. The van der Waals surface area contributed by atoms with Crippen molar-refractivity contribution in [2.24, 2.45) is 0 Å².